The molecular formula is C15H22N2O2. The van der Waals surface area contributed by atoms with E-state index in [2.05, 4.69) is 0 Å². The zero-order chi connectivity index (χ0) is 13.8. The summed E-state index contributed by atoms with van der Waals surface area (Å²) in [6.45, 7) is 3.14. The van der Waals surface area contributed by atoms with Gasteiger partial charge in [0.05, 0.1) is 0 Å². The van der Waals surface area contributed by atoms with E-state index in [9.17, 15) is 9.90 Å². The second-order valence-electron chi connectivity index (χ2n) is 5.24. The standard InChI is InChI=1S/C15H22N2O2/c1-11-9-13(18)6-7-14(11)15(19)17-8-4-2-3-5-12(17)10-16/h6-7,9,12,18H,2-5,8,10,16H2,1H3. The van der Waals surface area contributed by atoms with Crippen molar-refractivity contribution in [3.63, 3.8) is 0 Å². The van der Waals surface area contributed by atoms with Crippen molar-refractivity contribution < 1.29 is 9.90 Å². The Bertz CT molecular complexity index is 459. The van der Waals surface area contributed by atoms with Gasteiger partial charge < -0.3 is 15.7 Å². The van der Waals surface area contributed by atoms with Crippen LogP contribution in [0.4, 0.5) is 0 Å². The largest absolute Gasteiger partial charge is 0.508 e. The summed E-state index contributed by atoms with van der Waals surface area (Å²) in [5.74, 6) is 0.232. The summed E-state index contributed by atoms with van der Waals surface area (Å²) in [5, 5.41) is 9.43. The number of phenols is 1. The summed E-state index contributed by atoms with van der Waals surface area (Å²) in [5.41, 5.74) is 7.28. The van der Waals surface area contributed by atoms with Gasteiger partial charge in [-0.2, -0.15) is 0 Å². The van der Waals surface area contributed by atoms with Crippen molar-refractivity contribution in [2.45, 2.75) is 38.6 Å². The Labute approximate surface area is 114 Å². The van der Waals surface area contributed by atoms with Crippen LogP contribution in [0.25, 0.3) is 0 Å². The molecule has 0 saturated carbocycles. The van der Waals surface area contributed by atoms with Crippen LogP contribution in [0.3, 0.4) is 0 Å². The van der Waals surface area contributed by atoms with E-state index >= 15 is 0 Å². The lowest BCUT2D eigenvalue weighted by molar-refractivity contribution is 0.0688. The minimum absolute atomic E-state index is 0.0369. The van der Waals surface area contributed by atoms with Crippen molar-refractivity contribution in [2.75, 3.05) is 13.1 Å². The molecule has 4 heteroatoms. The summed E-state index contributed by atoms with van der Waals surface area (Å²) in [6, 6.07) is 5.03. The molecule has 0 bridgehead atoms. The maximum absolute atomic E-state index is 12.6. The number of carbonyl (C=O) groups is 1. The first-order valence-corrected chi connectivity index (χ1v) is 6.94. The summed E-state index contributed by atoms with van der Waals surface area (Å²) in [6.07, 6.45) is 4.33. The molecule has 0 radical (unpaired) electrons. The molecule has 1 aromatic carbocycles. The van der Waals surface area contributed by atoms with Gasteiger partial charge in [-0.05, 0) is 43.5 Å². The van der Waals surface area contributed by atoms with E-state index in [1.165, 1.54) is 0 Å². The smallest absolute Gasteiger partial charge is 0.254 e. The third kappa shape index (κ3) is 3.07. The van der Waals surface area contributed by atoms with Gasteiger partial charge in [0.25, 0.3) is 5.91 Å². The Balaban J connectivity index is 2.25. The zero-order valence-electron chi connectivity index (χ0n) is 11.4. The maximum Gasteiger partial charge on any atom is 0.254 e. The number of likely N-dealkylation sites (tertiary alicyclic amines) is 1. The van der Waals surface area contributed by atoms with Crippen LogP contribution >= 0.6 is 0 Å². The molecule has 0 aliphatic carbocycles. The minimum atomic E-state index is 0.0369. The van der Waals surface area contributed by atoms with E-state index in [1.54, 1.807) is 18.2 Å². The van der Waals surface area contributed by atoms with Crippen LogP contribution in [0.5, 0.6) is 5.75 Å². The number of amides is 1. The Morgan fingerprint density at radius 3 is 2.89 bits per heavy atom. The highest BCUT2D eigenvalue weighted by atomic mass is 16.3. The first-order chi connectivity index (χ1) is 9.13. The zero-order valence-corrected chi connectivity index (χ0v) is 11.4. The molecule has 1 amide bonds. The second-order valence-corrected chi connectivity index (χ2v) is 5.24. The number of aryl methyl sites for hydroxylation is 1. The molecule has 0 aromatic heterocycles. The first-order valence-electron chi connectivity index (χ1n) is 6.94. The maximum atomic E-state index is 12.6. The Kier molecular flexibility index (Phi) is 4.43. The topological polar surface area (TPSA) is 66.6 Å². The van der Waals surface area contributed by atoms with Crippen LogP contribution in [0.1, 0.15) is 41.6 Å². The molecule has 1 aliphatic heterocycles. The molecule has 1 saturated heterocycles. The number of hydrogen-bond acceptors (Lipinski definition) is 3. The molecular weight excluding hydrogens is 240 g/mol. The summed E-state index contributed by atoms with van der Waals surface area (Å²) in [4.78, 5) is 14.6. The fraction of sp³-hybridized carbons (Fsp3) is 0.533. The number of phenolic OH excluding ortho intramolecular Hbond substituents is 1. The molecule has 19 heavy (non-hydrogen) atoms. The quantitative estimate of drug-likeness (QED) is 0.857. The molecule has 1 heterocycles. The fourth-order valence-corrected chi connectivity index (χ4v) is 2.73. The minimum Gasteiger partial charge on any atom is -0.508 e. The van der Waals surface area contributed by atoms with Crippen molar-refractivity contribution in [3.8, 4) is 5.75 Å². The van der Waals surface area contributed by atoms with Crippen LogP contribution in [0.15, 0.2) is 18.2 Å². The van der Waals surface area contributed by atoms with E-state index in [1.807, 2.05) is 11.8 Å². The Hall–Kier alpha value is -1.55. The molecule has 2 rings (SSSR count). The highest BCUT2D eigenvalue weighted by Gasteiger charge is 2.26. The predicted molar refractivity (Wildman–Crippen MR) is 75.2 cm³/mol. The number of hydrogen-bond donors (Lipinski definition) is 2. The molecule has 4 nitrogen and oxygen atoms in total. The van der Waals surface area contributed by atoms with Gasteiger partial charge in [0.1, 0.15) is 5.75 Å². The van der Waals surface area contributed by atoms with Crippen molar-refractivity contribution in [3.05, 3.63) is 29.3 Å². The highest BCUT2D eigenvalue weighted by Crippen LogP contribution is 2.22. The van der Waals surface area contributed by atoms with Gasteiger partial charge in [-0.15, -0.1) is 0 Å². The van der Waals surface area contributed by atoms with Crippen molar-refractivity contribution in [1.82, 2.24) is 4.90 Å². The van der Waals surface area contributed by atoms with Gasteiger partial charge >= 0.3 is 0 Å². The normalized spacial score (nSPS) is 20.1. The number of benzene rings is 1. The van der Waals surface area contributed by atoms with E-state index < -0.39 is 0 Å². The number of carbonyl (C=O) groups excluding carboxylic acids is 1. The van der Waals surface area contributed by atoms with Gasteiger partial charge in [0.15, 0.2) is 0 Å². The molecule has 0 spiro atoms. The number of nitrogens with zero attached hydrogens (tertiary/aromatic N) is 1. The van der Waals surface area contributed by atoms with Gasteiger partial charge in [-0.3, -0.25) is 4.79 Å². The summed E-state index contributed by atoms with van der Waals surface area (Å²) in [7, 11) is 0. The average molecular weight is 262 g/mol. The van der Waals surface area contributed by atoms with E-state index in [0.29, 0.717) is 12.1 Å². The number of nitrogens with two attached hydrogens (primary N) is 1. The highest BCUT2D eigenvalue weighted by molar-refractivity contribution is 5.96. The molecule has 1 unspecified atom stereocenters. The SMILES string of the molecule is Cc1cc(O)ccc1C(=O)N1CCCCCC1CN. The molecule has 1 aliphatic rings. The third-order valence-corrected chi connectivity index (χ3v) is 3.85. The summed E-state index contributed by atoms with van der Waals surface area (Å²) >= 11 is 0. The lowest BCUT2D eigenvalue weighted by Gasteiger charge is -2.29. The van der Waals surface area contributed by atoms with Crippen molar-refractivity contribution >= 4 is 5.91 Å². The molecule has 3 N–H and O–H groups in total. The van der Waals surface area contributed by atoms with Crippen LogP contribution in [-0.4, -0.2) is 35.0 Å². The van der Waals surface area contributed by atoms with Crippen molar-refractivity contribution in [1.29, 1.82) is 0 Å². The molecule has 1 aromatic rings. The molecule has 104 valence electrons. The molecule has 1 fully saturated rings. The monoisotopic (exact) mass is 262 g/mol. The number of rotatable bonds is 2. The van der Waals surface area contributed by atoms with E-state index in [-0.39, 0.29) is 17.7 Å². The van der Waals surface area contributed by atoms with E-state index in [0.717, 1.165) is 37.8 Å². The predicted octanol–water partition coefficient (Wildman–Crippen LogP) is 2.04. The third-order valence-electron chi connectivity index (χ3n) is 3.85. The lowest BCUT2D eigenvalue weighted by Crippen LogP contribution is -2.44. The van der Waals surface area contributed by atoms with Crippen LogP contribution in [0.2, 0.25) is 0 Å². The van der Waals surface area contributed by atoms with Crippen molar-refractivity contribution in [2.24, 2.45) is 5.73 Å². The fourth-order valence-electron chi connectivity index (χ4n) is 2.73. The van der Waals surface area contributed by atoms with Gasteiger partial charge in [0, 0.05) is 24.7 Å². The average Bonchev–Trinajstić information content (AvgIpc) is 2.63. The molecule has 1 atom stereocenters. The second kappa shape index (κ2) is 6.06. The van der Waals surface area contributed by atoms with Crippen LogP contribution < -0.4 is 5.73 Å². The lowest BCUT2D eigenvalue weighted by atomic mass is 10.1. The number of aromatic hydroxyl groups is 1. The van der Waals surface area contributed by atoms with Gasteiger partial charge in [-0.1, -0.05) is 12.8 Å². The summed E-state index contributed by atoms with van der Waals surface area (Å²) < 4.78 is 0. The Morgan fingerprint density at radius 1 is 1.42 bits per heavy atom. The van der Waals surface area contributed by atoms with Gasteiger partial charge in [-0.25, -0.2) is 0 Å². The first kappa shape index (κ1) is 13.9. The van der Waals surface area contributed by atoms with Crippen LogP contribution in [0, 0.1) is 6.92 Å². The van der Waals surface area contributed by atoms with Gasteiger partial charge in [0.2, 0.25) is 0 Å². The Morgan fingerprint density at radius 2 is 2.21 bits per heavy atom. The van der Waals surface area contributed by atoms with Crippen LogP contribution in [-0.2, 0) is 0 Å². The van der Waals surface area contributed by atoms with E-state index in [4.69, 9.17) is 5.73 Å².